The highest BCUT2D eigenvalue weighted by atomic mass is 19.1. The smallest absolute Gasteiger partial charge is 0.227 e. The van der Waals surface area contributed by atoms with E-state index in [0.717, 1.165) is 78.5 Å². The summed E-state index contributed by atoms with van der Waals surface area (Å²) < 4.78 is 20.8. The highest BCUT2D eigenvalue weighted by molar-refractivity contribution is 6.00. The van der Waals surface area contributed by atoms with E-state index >= 15 is 0 Å². The molecule has 0 spiro atoms. The van der Waals surface area contributed by atoms with Gasteiger partial charge in [0.1, 0.15) is 29.5 Å². The second-order valence-corrected chi connectivity index (χ2v) is 12.5. The molecule has 0 atom stereocenters. The summed E-state index contributed by atoms with van der Waals surface area (Å²) in [4.78, 5) is 32.1. The van der Waals surface area contributed by atoms with Gasteiger partial charge in [0.15, 0.2) is 5.65 Å². The van der Waals surface area contributed by atoms with Crippen LogP contribution in [0.5, 0.6) is 5.75 Å². The minimum atomic E-state index is -0.354. The van der Waals surface area contributed by atoms with Crippen molar-refractivity contribution in [1.82, 2.24) is 35.0 Å². The van der Waals surface area contributed by atoms with Crippen molar-refractivity contribution in [1.29, 1.82) is 0 Å². The second kappa shape index (κ2) is 12.6. The lowest BCUT2D eigenvalue weighted by Crippen LogP contribution is -2.25. The van der Waals surface area contributed by atoms with E-state index in [9.17, 15) is 9.18 Å². The predicted octanol–water partition coefficient (Wildman–Crippen LogP) is 6.97. The normalized spacial score (nSPS) is 15.6. The number of carbonyl (C=O) groups is 1. The van der Waals surface area contributed by atoms with E-state index in [1.165, 1.54) is 25.0 Å². The van der Waals surface area contributed by atoms with Crippen LogP contribution in [-0.4, -0.2) is 67.2 Å². The molecular weight excluding hydrogens is 595 g/mol. The Balaban J connectivity index is 1.08. The van der Waals surface area contributed by atoms with E-state index < -0.39 is 0 Å². The predicted molar refractivity (Wildman–Crippen MR) is 179 cm³/mol. The number of hydrogen-bond acceptors (Lipinski definition) is 7. The topological polar surface area (TPSA) is 125 Å². The third-order valence-corrected chi connectivity index (χ3v) is 9.33. The van der Waals surface area contributed by atoms with E-state index in [1.54, 1.807) is 24.8 Å². The van der Waals surface area contributed by atoms with E-state index in [-0.39, 0.29) is 17.6 Å². The van der Waals surface area contributed by atoms with E-state index in [4.69, 9.17) is 4.74 Å². The van der Waals surface area contributed by atoms with Crippen LogP contribution in [0, 0.1) is 11.7 Å². The lowest BCUT2D eigenvalue weighted by molar-refractivity contribution is -0.119. The van der Waals surface area contributed by atoms with Crippen molar-refractivity contribution in [2.75, 3.05) is 31.6 Å². The molecule has 1 aliphatic heterocycles. The molecule has 1 saturated heterocycles. The molecule has 1 aromatic carbocycles. The zero-order valence-corrected chi connectivity index (χ0v) is 25.9. The summed E-state index contributed by atoms with van der Waals surface area (Å²) in [6, 6.07) is 12.6. The number of halogens is 1. The number of amides is 1. The molecule has 0 unspecified atom stereocenters. The van der Waals surface area contributed by atoms with Gasteiger partial charge in [0.25, 0.3) is 0 Å². The van der Waals surface area contributed by atoms with Crippen LogP contribution in [0.2, 0.25) is 0 Å². The van der Waals surface area contributed by atoms with Gasteiger partial charge in [-0.15, -0.1) is 0 Å². The molecule has 1 aliphatic carbocycles. The molecule has 6 heterocycles. The van der Waals surface area contributed by atoms with Crippen molar-refractivity contribution in [3.8, 4) is 39.4 Å². The number of aromatic amines is 2. The number of likely N-dealkylation sites (tertiary alicyclic amines) is 1. The molecule has 5 aromatic heterocycles. The van der Waals surface area contributed by atoms with Crippen molar-refractivity contribution in [3.05, 3.63) is 73.1 Å². The Labute approximate surface area is 270 Å². The SMILES string of the molecule is O=C(Nc1cncc(-c2cnc3[nH]nc(-c4cc5c(-c6cc(F)cc(OCCN7CCCC7)c6)ccnc5[nH]4)c3c2)c1)C1CCCC1. The number of hydrogen-bond donors (Lipinski definition) is 3. The minimum absolute atomic E-state index is 0.0541. The van der Waals surface area contributed by atoms with Gasteiger partial charge in [0.05, 0.1) is 17.6 Å². The van der Waals surface area contributed by atoms with Crippen molar-refractivity contribution < 1.29 is 13.9 Å². The van der Waals surface area contributed by atoms with Gasteiger partial charge in [-0.3, -0.25) is 19.8 Å². The molecule has 10 nitrogen and oxygen atoms in total. The van der Waals surface area contributed by atoms with E-state index in [1.807, 2.05) is 30.3 Å². The summed E-state index contributed by atoms with van der Waals surface area (Å²) in [7, 11) is 0. The average molecular weight is 631 g/mol. The highest BCUT2D eigenvalue weighted by Gasteiger charge is 2.23. The van der Waals surface area contributed by atoms with Gasteiger partial charge in [-0.2, -0.15) is 5.10 Å². The van der Waals surface area contributed by atoms with Gasteiger partial charge >= 0.3 is 0 Å². The van der Waals surface area contributed by atoms with Crippen LogP contribution in [0.15, 0.2) is 67.3 Å². The number of fused-ring (bicyclic) bond motifs is 2. The van der Waals surface area contributed by atoms with Crippen LogP contribution in [0.4, 0.5) is 10.1 Å². The molecule has 11 heteroatoms. The fraction of sp³-hybridized carbons (Fsp3) is 0.306. The zero-order chi connectivity index (χ0) is 31.7. The number of anilines is 1. The summed E-state index contributed by atoms with van der Waals surface area (Å²) in [6.45, 7) is 3.53. The first-order valence-electron chi connectivity index (χ1n) is 16.3. The van der Waals surface area contributed by atoms with Crippen molar-refractivity contribution in [2.45, 2.75) is 38.5 Å². The molecule has 3 N–H and O–H groups in total. The molecule has 2 fully saturated rings. The lowest BCUT2D eigenvalue weighted by atomic mass is 10.0. The number of carbonyl (C=O) groups excluding carboxylic acids is 1. The number of nitrogens with one attached hydrogen (secondary N) is 3. The maximum Gasteiger partial charge on any atom is 0.227 e. The first kappa shape index (κ1) is 29.3. The zero-order valence-electron chi connectivity index (χ0n) is 25.9. The van der Waals surface area contributed by atoms with Crippen LogP contribution in [0.25, 0.3) is 55.7 Å². The molecule has 0 bridgehead atoms. The highest BCUT2D eigenvalue weighted by Crippen LogP contribution is 2.36. The maximum absolute atomic E-state index is 14.8. The molecule has 1 saturated carbocycles. The fourth-order valence-corrected chi connectivity index (χ4v) is 6.87. The monoisotopic (exact) mass is 630 g/mol. The lowest BCUT2D eigenvalue weighted by Gasteiger charge is -2.15. The number of aromatic nitrogens is 6. The average Bonchev–Trinajstić information content (AvgIpc) is 3.91. The number of rotatable bonds is 9. The molecule has 0 radical (unpaired) electrons. The molecule has 47 heavy (non-hydrogen) atoms. The molecule has 8 rings (SSSR count). The third kappa shape index (κ3) is 6.06. The molecule has 2 aliphatic rings. The molecule has 238 valence electrons. The van der Waals surface area contributed by atoms with Gasteiger partial charge in [-0.05, 0) is 86.3 Å². The number of pyridine rings is 3. The van der Waals surface area contributed by atoms with Gasteiger partial charge in [-0.1, -0.05) is 12.8 Å². The van der Waals surface area contributed by atoms with Crippen LogP contribution in [0.3, 0.4) is 0 Å². The Morgan fingerprint density at radius 3 is 2.64 bits per heavy atom. The summed E-state index contributed by atoms with van der Waals surface area (Å²) >= 11 is 0. The summed E-state index contributed by atoms with van der Waals surface area (Å²) in [5.41, 5.74) is 6.62. The summed E-state index contributed by atoms with van der Waals surface area (Å²) in [6.07, 6.45) is 13.4. The van der Waals surface area contributed by atoms with Crippen LogP contribution in [0.1, 0.15) is 38.5 Å². The van der Waals surface area contributed by atoms with Gasteiger partial charge in [0.2, 0.25) is 5.91 Å². The van der Waals surface area contributed by atoms with Crippen molar-refractivity contribution >= 4 is 33.7 Å². The standard InChI is InChI=1S/C36H35FN8O2/c37-26-13-23(15-28(17-26)47-12-11-45-9-3-4-10-45)29-7-8-39-34-30(29)18-32(42-34)33-31-16-25(20-40-35(31)44-43-33)24-14-27(21-38-19-24)41-36(46)22-5-1-2-6-22/h7-8,13-22H,1-6,9-12H2,(H,39,42)(H,41,46)(H,40,43,44). The van der Waals surface area contributed by atoms with Crippen LogP contribution < -0.4 is 10.1 Å². The quantitative estimate of drug-likeness (QED) is 0.158. The summed E-state index contributed by atoms with van der Waals surface area (Å²) in [5.74, 6) is 0.275. The molecule has 6 aromatic rings. The number of nitrogens with zero attached hydrogens (tertiary/aromatic N) is 5. The molecular formula is C36H35FN8O2. The van der Waals surface area contributed by atoms with E-state index in [0.29, 0.717) is 40.6 Å². The first-order chi connectivity index (χ1) is 23.1. The fourth-order valence-electron chi connectivity index (χ4n) is 6.87. The van der Waals surface area contributed by atoms with Crippen molar-refractivity contribution in [3.63, 3.8) is 0 Å². The van der Waals surface area contributed by atoms with Crippen LogP contribution in [-0.2, 0) is 4.79 Å². The van der Waals surface area contributed by atoms with Gasteiger partial charge in [0, 0.05) is 59.0 Å². The van der Waals surface area contributed by atoms with Crippen molar-refractivity contribution in [2.24, 2.45) is 5.92 Å². The summed E-state index contributed by atoms with van der Waals surface area (Å²) in [5, 5.41) is 12.3. The van der Waals surface area contributed by atoms with Crippen LogP contribution >= 0.6 is 0 Å². The second-order valence-electron chi connectivity index (χ2n) is 12.5. The Bertz CT molecular complexity index is 2080. The minimum Gasteiger partial charge on any atom is -0.492 e. The number of H-pyrrole nitrogens is 2. The number of ether oxygens (including phenoxy) is 1. The largest absolute Gasteiger partial charge is 0.492 e. The molecule has 1 amide bonds. The Kier molecular flexibility index (Phi) is 7.82. The Hall–Kier alpha value is -5.16. The Morgan fingerprint density at radius 2 is 1.77 bits per heavy atom. The maximum atomic E-state index is 14.8. The van der Waals surface area contributed by atoms with Gasteiger partial charge < -0.3 is 15.0 Å². The van der Waals surface area contributed by atoms with Gasteiger partial charge in [-0.25, -0.2) is 14.4 Å². The number of benzene rings is 1. The third-order valence-electron chi connectivity index (χ3n) is 9.33. The van der Waals surface area contributed by atoms with E-state index in [2.05, 4.69) is 40.3 Å². The Morgan fingerprint density at radius 1 is 0.915 bits per heavy atom. The first-order valence-corrected chi connectivity index (χ1v) is 16.3.